The lowest BCUT2D eigenvalue weighted by Crippen LogP contribution is -2.32. The van der Waals surface area contributed by atoms with Crippen LogP contribution in [0.3, 0.4) is 0 Å². The third-order valence-electron chi connectivity index (χ3n) is 5.61. The van der Waals surface area contributed by atoms with Crippen molar-refractivity contribution in [3.05, 3.63) is 84.4 Å². The molecule has 1 aliphatic heterocycles. The Bertz CT molecular complexity index is 1250. The maximum atomic E-state index is 13.0. The van der Waals surface area contributed by atoms with Gasteiger partial charge in [0, 0.05) is 29.5 Å². The van der Waals surface area contributed by atoms with Crippen LogP contribution in [0, 0.1) is 0 Å². The Labute approximate surface area is 209 Å². The van der Waals surface area contributed by atoms with E-state index in [1.807, 2.05) is 42.1 Å². The second-order valence-electron chi connectivity index (χ2n) is 8.51. The van der Waals surface area contributed by atoms with Crippen molar-refractivity contribution in [1.29, 1.82) is 0 Å². The number of nitrogens with one attached hydrogen (secondary N) is 2. The SMILES string of the molecule is CC1CSC(Nc2cccc(Oc3ccc(S(=O)(=O)CC(CC(=O)O)c4ccccc4)cc3)c2)N1. The fourth-order valence-electron chi connectivity index (χ4n) is 3.90. The van der Waals surface area contributed by atoms with Gasteiger partial charge in [-0.2, -0.15) is 0 Å². The molecule has 0 aromatic heterocycles. The van der Waals surface area contributed by atoms with Gasteiger partial charge in [0.1, 0.15) is 17.0 Å². The highest BCUT2D eigenvalue weighted by Gasteiger charge is 2.25. The van der Waals surface area contributed by atoms with E-state index in [-0.39, 0.29) is 22.6 Å². The van der Waals surface area contributed by atoms with Gasteiger partial charge in [-0.05, 0) is 48.9 Å². The summed E-state index contributed by atoms with van der Waals surface area (Å²) in [6, 6.07) is 23.1. The molecular formula is C26H28N2O5S2. The summed E-state index contributed by atoms with van der Waals surface area (Å²) in [6.45, 7) is 2.14. The molecule has 3 unspecified atom stereocenters. The van der Waals surface area contributed by atoms with Gasteiger partial charge in [-0.3, -0.25) is 10.1 Å². The summed E-state index contributed by atoms with van der Waals surface area (Å²) in [7, 11) is -3.71. The van der Waals surface area contributed by atoms with Crippen molar-refractivity contribution in [1.82, 2.24) is 5.32 Å². The molecular weight excluding hydrogens is 484 g/mol. The Kier molecular flexibility index (Phi) is 8.00. The van der Waals surface area contributed by atoms with Crippen molar-refractivity contribution in [3.8, 4) is 11.5 Å². The molecule has 1 saturated heterocycles. The van der Waals surface area contributed by atoms with Crippen LogP contribution in [0.5, 0.6) is 11.5 Å². The summed E-state index contributed by atoms with van der Waals surface area (Å²) in [5, 5.41) is 16.1. The summed E-state index contributed by atoms with van der Waals surface area (Å²) < 4.78 is 32.0. The molecule has 3 N–H and O–H groups in total. The first-order valence-corrected chi connectivity index (χ1v) is 14.0. The van der Waals surface area contributed by atoms with E-state index in [1.165, 1.54) is 12.1 Å². The molecule has 3 aromatic carbocycles. The van der Waals surface area contributed by atoms with Gasteiger partial charge in [0.25, 0.3) is 0 Å². The molecule has 0 aliphatic carbocycles. The van der Waals surface area contributed by atoms with Crippen LogP contribution in [0.4, 0.5) is 5.69 Å². The summed E-state index contributed by atoms with van der Waals surface area (Å²) in [4.78, 5) is 11.5. The van der Waals surface area contributed by atoms with Gasteiger partial charge in [0.05, 0.1) is 17.1 Å². The van der Waals surface area contributed by atoms with Crippen molar-refractivity contribution in [2.75, 3.05) is 16.8 Å². The zero-order valence-electron chi connectivity index (χ0n) is 19.3. The van der Waals surface area contributed by atoms with Crippen molar-refractivity contribution in [2.45, 2.75) is 35.7 Å². The molecule has 3 atom stereocenters. The van der Waals surface area contributed by atoms with E-state index in [4.69, 9.17) is 4.74 Å². The number of carboxylic acid groups (broad SMARTS) is 1. The van der Waals surface area contributed by atoms with Gasteiger partial charge in [-0.1, -0.05) is 36.4 Å². The molecule has 0 bridgehead atoms. The van der Waals surface area contributed by atoms with E-state index in [0.717, 1.165) is 11.4 Å². The number of anilines is 1. The lowest BCUT2D eigenvalue weighted by Gasteiger charge is -2.16. The first-order chi connectivity index (χ1) is 16.8. The van der Waals surface area contributed by atoms with Crippen LogP contribution in [-0.2, 0) is 14.6 Å². The lowest BCUT2D eigenvalue weighted by molar-refractivity contribution is -0.137. The molecule has 4 rings (SSSR count). The van der Waals surface area contributed by atoms with Crippen molar-refractivity contribution in [3.63, 3.8) is 0 Å². The van der Waals surface area contributed by atoms with Crippen LogP contribution in [0.1, 0.15) is 24.8 Å². The van der Waals surface area contributed by atoms with E-state index in [0.29, 0.717) is 23.1 Å². The molecule has 35 heavy (non-hydrogen) atoms. The minimum Gasteiger partial charge on any atom is -0.481 e. The molecule has 3 aromatic rings. The monoisotopic (exact) mass is 512 g/mol. The molecule has 7 nitrogen and oxygen atoms in total. The summed E-state index contributed by atoms with van der Waals surface area (Å²) in [6.07, 6.45) is -0.261. The predicted molar refractivity (Wildman–Crippen MR) is 139 cm³/mol. The van der Waals surface area contributed by atoms with Crippen LogP contribution in [-0.4, -0.2) is 42.5 Å². The highest BCUT2D eigenvalue weighted by Crippen LogP contribution is 2.29. The summed E-state index contributed by atoms with van der Waals surface area (Å²) in [5.74, 6) is 0.224. The predicted octanol–water partition coefficient (Wildman–Crippen LogP) is 4.93. The van der Waals surface area contributed by atoms with Gasteiger partial charge >= 0.3 is 5.97 Å². The smallest absolute Gasteiger partial charge is 0.303 e. The van der Waals surface area contributed by atoms with Gasteiger partial charge < -0.3 is 15.2 Å². The molecule has 0 amide bonds. The van der Waals surface area contributed by atoms with E-state index >= 15 is 0 Å². The van der Waals surface area contributed by atoms with Crippen LogP contribution in [0.2, 0.25) is 0 Å². The molecule has 0 spiro atoms. The first kappa shape index (κ1) is 25.1. The van der Waals surface area contributed by atoms with E-state index in [9.17, 15) is 18.3 Å². The van der Waals surface area contributed by atoms with E-state index in [2.05, 4.69) is 17.6 Å². The minimum atomic E-state index is -3.71. The van der Waals surface area contributed by atoms with Gasteiger partial charge in [-0.25, -0.2) is 8.42 Å². The normalized spacial score (nSPS) is 18.7. The summed E-state index contributed by atoms with van der Waals surface area (Å²) in [5.41, 5.74) is 1.75. The van der Waals surface area contributed by atoms with Gasteiger partial charge in [0.15, 0.2) is 9.84 Å². The number of hydrogen-bond acceptors (Lipinski definition) is 7. The fourth-order valence-corrected chi connectivity index (χ4v) is 6.61. The number of benzene rings is 3. The average molecular weight is 513 g/mol. The topological polar surface area (TPSA) is 105 Å². The van der Waals surface area contributed by atoms with E-state index < -0.39 is 21.7 Å². The number of carbonyl (C=O) groups is 1. The number of carboxylic acids is 1. The van der Waals surface area contributed by atoms with Crippen molar-refractivity contribution in [2.24, 2.45) is 0 Å². The molecule has 184 valence electrons. The van der Waals surface area contributed by atoms with Crippen LogP contribution in [0.15, 0.2) is 83.8 Å². The van der Waals surface area contributed by atoms with Gasteiger partial charge in [0.2, 0.25) is 0 Å². The molecule has 0 radical (unpaired) electrons. The Balaban J connectivity index is 1.43. The largest absolute Gasteiger partial charge is 0.481 e. The number of sulfone groups is 1. The maximum Gasteiger partial charge on any atom is 0.303 e. The Morgan fingerprint density at radius 1 is 1.09 bits per heavy atom. The third-order valence-corrected chi connectivity index (χ3v) is 8.72. The van der Waals surface area contributed by atoms with Crippen LogP contribution in [0.25, 0.3) is 0 Å². The second-order valence-corrected chi connectivity index (χ2v) is 11.7. The molecule has 0 saturated carbocycles. The van der Waals surface area contributed by atoms with Gasteiger partial charge in [-0.15, -0.1) is 11.8 Å². The number of rotatable bonds is 10. The van der Waals surface area contributed by atoms with Crippen LogP contribution >= 0.6 is 11.8 Å². The van der Waals surface area contributed by atoms with Crippen molar-refractivity contribution >= 4 is 33.3 Å². The standard InChI is InChI=1S/C26H28N2O5S2/c1-18-16-34-26(27-18)28-21-8-5-9-23(15-21)33-22-10-12-24(13-11-22)35(31,32)17-20(14-25(29)30)19-6-3-2-4-7-19/h2-13,15,18,20,26-28H,14,16-17H2,1H3,(H,29,30). The maximum absolute atomic E-state index is 13.0. The highest BCUT2D eigenvalue weighted by atomic mass is 32.2. The first-order valence-electron chi connectivity index (χ1n) is 11.3. The minimum absolute atomic E-state index is 0.130. The number of hydrogen-bond donors (Lipinski definition) is 3. The Morgan fingerprint density at radius 3 is 2.49 bits per heavy atom. The molecule has 9 heteroatoms. The lowest BCUT2D eigenvalue weighted by atomic mass is 9.98. The fraction of sp³-hybridized carbons (Fsp3) is 0.269. The average Bonchev–Trinajstić information content (AvgIpc) is 3.24. The molecule has 1 aliphatic rings. The number of aliphatic carboxylic acids is 1. The number of ether oxygens (including phenoxy) is 1. The van der Waals surface area contributed by atoms with Crippen molar-refractivity contribution < 1.29 is 23.1 Å². The van der Waals surface area contributed by atoms with E-state index in [1.54, 1.807) is 36.4 Å². The molecule has 1 heterocycles. The van der Waals surface area contributed by atoms with Crippen LogP contribution < -0.4 is 15.4 Å². The second kappa shape index (κ2) is 11.2. The highest BCUT2D eigenvalue weighted by molar-refractivity contribution is 8.00. The quantitative estimate of drug-likeness (QED) is 0.351. The zero-order valence-corrected chi connectivity index (χ0v) is 20.9. The third kappa shape index (κ3) is 7.00. The number of thioether (sulfide) groups is 1. The Hall–Kier alpha value is -3.01. The Morgan fingerprint density at radius 2 is 1.83 bits per heavy atom. The summed E-state index contributed by atoms with van der Waals surface area (Å²) >= 11 is 1.81. The zero-order chi connectivity index (χ0) is 24.8. The molecule has 1 fully saturated rings.